The summed E-state index contributed by atoms with van der Waals surface area (Å²) in [5, 5.41) is 5.57. The van der Waals surface area contributed by atoms with Crippen LogP contribution in [-0.2, 0) is 21.5 Å². The van der Waals surface area contributed by atoms with Gasteiger partial charge in [-0.25, -0.2) is 4.79 Å². The van der Waals surface area contributed by atoms with Crippen molar-refractivity contribution in [2.45, 2.75) is 38.6 Å². The molecule has 28 heavy (non-hydrogen) atoms. The number of amides is 4. The zero-order valence-electron chi connectivity index (χ0n) is 16.2. The monoisotopic (exact) mass is 379 g/mol. The Morgan fingerprint density at radius 1 is 1.04 bits per heavy atom. The normalized spacial score (nSPS) is 18.9. The van der Waals surface area contributed by atoms with Gasteiger partial charge in [-0.2, -0.15) is 0 Å². The van der Waals surface area contributed by atoms with E-state index in [1.165, 1.54) is 5.56 Å². The molecule has 0 bridgehead atoms. The second-order valence-electron chi connectivity index (χ2n) is 6.94. The summed E-state index contributed by atoms with van der Waals surface area (Å²) in [5.41, 5.74) is 1.42. The summed E-state index contributed by atoms with van der Waals surface area (Å²) in [4.78, 5) is 39.1. The van der Waals surface area contributed by atoms with Crippen molar-refractivity contribution in [2.75, 3.05) is 11.9 Å². The predicted octanol–water partition coefficient (Wildman–Crippen LogP) is 3.43. The Balaban J connectivity index is 1.76. The lowest BCUT2D eigenvalue weighted by molar-refractivity contribution is -0.134. The van der Waals surface area contributed by atoms with E-state index in [0.717, 1.165) is 16.9 Å². The Morgan fingerprint density at radius 2 is 1.71 bits per heavy atom. The number of nitrogens with one attached hydrogen (secondary N) is 2. The zero-order valence-corrected chi connectivity index (χ0v) is 16.2. The van der Waals surface area contributed by atoms with E-state index in [2.05, 4.69) is 17.6 Å². The number of carbonyl (C=O) groups excluding carboxylic acids is 3. The Morgan fingerprint density at radius 3 is 2.32 bits per heavy atom. The van der Waals surface area contributed by atoms with Crippen molar-refractivity contribution in [3.05, 3.63) is 65.7 Å². The molecule has 1 saturated heterocycles. The van der Waals surface area contributed by atoms with E-state index < -0.39 is 17.5 Å². The lowest BCUT2D eigenvalue weighted by Crippen LogP contribution is -2.44. The van der Waals surface area contributed by atoms with Gasteiger partial charge in [0.15, 0.2) is 0 Å². The van der Waals surface area contributed by atoms with E-state index in [-0.39, 0.29) is 12.5 Å². The highest BCUT2D eigenvalue weighted by Gasteiger charge is 2.52. The van der Waals surface area contributed by atoms with Crippen LogP contribution in [0.5, 0.6) is 0 Å². The van der Waals surface area contributed by atoms with Crippen molar-refractivity contribution in [2.24, 2.45) is 0 Å². The molecule has 1 aliphatic rings. The summed E-state index contributed by atoms with van der Waals surface area (Å²) in [5.74, 6) is -0.796. The molecule has 6 heteroatoms. The summed E-state index contributed by atoms with van der Waals surface area (Å²) >= 11 is 0. The number of benzene rings is 2. The first kappa shape index (κ1) is 19.6. The van der Waals surface area contributed by atoms with Crippen molar-refractivity contribution in [1.82, 2.24) is 10.2 Å². The maximum absolute atomic E-state index is 13.2. The third kappa shape index (κ3) is 3.76. The van der Waals surface area contributed by atoms with Crippen LogP contribution in [0, 0.1) is 0 Å². The molecule has 0 aromatic heterocycles. The average molecular weight is 379 g/mol. The van der Waals surface area contributed by atoms with Crippen LogP contribution in [0.1, 0.15) is 37.8 Å². The second kappa shape index (κ2) is 8.25. The van der Waals surface area contributed by atoms with Crippen molar-refractivity contribution >= 4 is 23.5 Å². The van der Waals surface area contributed by atoms with Crippen LogP contribution in [0.3, 0.4) is 0 Å². The van der Waals surface area contributed by atoms with E-state index >= 15 is 0 Å². The molecular formula is C22H25N3O3. The number of carbonyl (C=O) groups is 3. The molecule has 2 aromatic rings. The summed E-state index contributed by atoms with van der Waals surface area (Å²) in [6.07, 6.45) is 2.10. The fourth-order valence-electron chi connectivity index (χ4n) is 3.54. The van der Waals surface area contributed by atoms with Crippen LogP contribution in [0.4, 0.5) is 10.5 Å². The van der Waals surface area contributed by atoms with E-state index in [1.807, 2.05) is 61.5 Å². The Kier molecular flexibility index (Phi) is 5.78. The number of nitrogens with zero attached hydrogens (tertiary/aromatic N) is 1. The molecular weight excluding hydrogens is 354 g/mol. The topological polar surface area (TPSA) is 78.5 Å². The Hall–Kier alpha value is -3.15. The molecule has 2 aromatic carbocycles. The highest BCUT2D eigenvalue weighted by molar-refractivity contribution is 6.10. The van der Waals surface area contributed by atoms with Crippen LogP contribution in [0.25, 0.3) is 0 Å². The van der Waals surface area contributed by atoms with E-state index in [9.17, 15) is 14.4 Å². The molecule has 1 aliphatic heterocycles. The van der Waals surface area contributed by atoms with Gasteiger partial charge in [-0.1, -0.05) is 62.7 Å². The van der Waals surface area contributed by atoms with E-state index in [1.54, 1.807) is 0 Å². The molecule has 0 unspecified atom stereocenters. The average Bonchev–Trinajstić information content (AvgIpc) is 2.94. The smallest absolute Gasteiger partial charge is 0.325 e. The number of hydrogen-bond donors (Lipinski definition) is 2. The van der Waals surface area contributed by atoms with Crippen LogP contribution in [0.2, 0.25) is 0 Å². The first-order valence-corrected chi connectivity index (χ1v) is 9.58. The van der Waals surface area contributed by atoms with Crippen LogP contribution in [0.15, 0.2) is 54.6 Å². The predicted molar refractivity (Wildman–Crippen MR) is 108 cm³/mol. The Labute approximate surface area is 164 Å². The van der Waals surface area contributed by atoms with Crippen LogP contribution in [-0.4, -0.2) is 29.3 Å². The third-order valence-electron chi connectivity index (χ3n) is 5.01. The second-order valence-corrected chi connectivity index (χ2v) is 6.94. The molecule has 0 spiro atoms. The lowest BCUT2D eigenvalue weighted by Gasteiger charge is -2.26. The van der Waals surface area contributed by atoms with E-state index in [0.29, 0.717) is 18.5 Å². The van der Waals surface area contributed by atoms with Gasteiger partial charge in [-0.05, 0) is 36.1 Å². The molecule has 1 fully saturated rings. The molecule has 0 aliphatic carbocycles. The van der Waals surface area contributed by atoms with Crippen LogP contribution < -0.4 is 10.6 Å². The largest absolute Gasteiger partial charge is 0.325 e. The molecule has 4 amide bonds. The number of imide groups is 1. The van der Waals surface area contributed by atoms with Crippen molar-refractivity contribution < 1.29 is 14.4 Å². The quantitative estimate of drug-likeness (QED) is 0.724. The zero-order chi connectivity index (χ0) is 20.1. The molecule has 6 nitrogen and oxygen atoms in total. The molecule has 0 radical (unpaired) electrons. The van der Waals surface area contributed by atoms with Gasteiger partial charge in [0.2, 0.25) is 5.91 Å². The Bertz CT molecular complexity index is 864. The maximum atomic E-state index is 13.2. The van der Waals surface area contributed by atoms with Gasteiger partial charge in [-0.15, -0.1) is 0 Å². The first-order chi connectivity index (χ1) is 13.5. The minimum absolute atomic E-state index is 0.321. The number of aryl methyl sites for hydroxylation is 1. The minimum Gasteiger partial charge on any atom is -0.325 e. The fraction of sp³-hybridized carbons (Fsp3) is 0.318. The third-order valence-corrected chi connectivity index (χ3v) is 5.01. The minimum atomic E-state index is -1.11. The number of anilines is 1. The van der Waals surface area contributed by atoms with Crippen molar-refractivity contribution in [1.29, 1.82) is 0 Å². The highest BCUT2D eigenvalue weighted by atomic mass is 16.2. The van der Waals surface area contributed by atoms with Gasteiger partial charge in [-0.3, -0.25) is 14.5 Å². The van der Waals surface area contributed by atoms with Gasteiger partial charge in [0.25, 0.3) is 5.91 Å². The van der Waals surface area contributed by atoms with Gasteiger partial charge >= 0.3 is 6.03 Å². The van der Waals surface area contributed by atoms with Gasteiger partial charge in [0.1, 0.15) is 12.1 Å². The summed E-state index contributed by atoms with van der Waals surface area (Å²) in [6.45, 7) is 3.69. The highest BCUT2D eigenvalue weighted by Crippen LogP contribution is 2.33. The number of rotatable bonds is 7. The van der Waals surface area contributed by atoms with Crippen molar-refractivity contribution in [3.8, 4) is 0 Å². The van der Waals surface area contributed by atoms with E-state index in [4.69, 9.17) is 0 Å². The molecule has 146 valence electrons. The molecule has 3 rings (SSSR count). The summed E-state index contributed by atoms with van der Waals surface area (Å²) in [7, 11) is 0. The summed E-state index contributed by atoms with van der Waals surface area (Å²) < 4.78 is 0. The maximum Gasteiger partial charge on any atom is 0.325 e. The standard InChI is InChI=1S/C22H25N3O3/c1-3-14-22(17-8-6-5-7-9-17)20(27)25(21(28)24-22)15-19(26)23-18-12-10-16(4-2)11-13-18/h5-13H,3-4,14-15H2,1-2H3,(H,23,26)(H,24,28)/t22-/m0/s1. The lowest BCUT2D eigenvalue weighted by atomic mass is 9.85. The fourth-order valence-corrected chi connectivity index (χ4v) is 3.54. The molecule has 1 heterocycles. The summed E-state index contributed by atoms with van der Waals surface area (Å²) in [6, 6.07) is 16.1. The molecule has 0 saturated carbocycles. The number of urea groups is 1. The van der Waals surface area contributed by atoms with Gasteiger partial charge < -0.3 is 10.6 Å². The van der Waals surface area contributed by atoms with Crippen molar-refractivity contribution in [3.63, 3.8) is 0 Å². The SMILES string of the molecule is CCC[C@@]1(c2ccccc2)NC(=O)N(CC(=O)Nc2ccc(CC)cc2)C1=O. The van der Waals surface area contributed by atoms with Gasteiger partial charge in [0, 0.05) is 5.69 Å². The molecule has 2 N–H and O–H groups in total. The van der Waals surface area contributed by atoms with Crippen LogP contribution >= 0.6 is 0 Å². The molecule has 1 atom stereocenters. The number of hydrogen-bond acceptors (Lipinski definition) is 3. The first-order valence-electron chi connectivity index (χ1n) is 9.58. The van der Waals surface area contributed by atoms with Gasteiger partial charge in [0.05, 0.1) is 0 Å².